The Morgan fingerprint density at radius 1 is 1.50 bits per heavy atom. The van der Waals surface area contributed by atoms with E-state index >= 15 is 0 Å². The molecule has 0 aliphatic carbocycles. The minimum Gasteiger partial charge on any atom is -0.493 e. The molecule has 0 heterocycles. The van der Waals surface area contributed by atoms with Gasteiger partial charge in [-0.05, 0) is 54.3 Å². The Morgan fingerprint density at radius 3 is 2.94 bits per heavy atom. The maximum Gasteiger partial charge on any atom is 0.133 e. The maximum atomic E-state index is 13.3. The lowest BCUT2D eigenvalue weighted by molar-refractivity contribution is 0.312. The molecule has 18 heavy (non-hydrogen) atoms. The molecule has 0 saturated heterocycles. The van der Waals surface area contributed by atoms with Crippen molar-refractivity contribution in [3.63, 3.8) is 0 Å². The SMILES string of the molecule is CCCOc1ccc(F)cc1CC(C)CSC#N. The van der Waals surface area contributed by atoms with E-state index in [4.69, 9.17) is 10.00 Å². The lowest BCUT2D eigenvalue weighted by Crippen LogP contribution is -2.06. The molecule has 1 atom stereocenters. The summed E-state index contributed by atoms with van der Waals surface area (Å²) in [6, 6.07) is 4.63. The van der Waals surface area contributed by atoms with E-state index in [-0.39, 0.29) is 5.82 Å². The first-order valence-electron chi connectivity index (χ1n) is 6.09. The van der Waals surface area contributed by atoms with Gasteiger partial charge in [0.2, 0.25) is 0 Å². The van der Waals surface area contributed by atoms with Crippen molar-refractivity contribution in [2.24, 2.45) is 5.92 Å². The molecule has 1 aromatic carbocycles. The molecule has 4 heteroatoms. The Balaban J connectivity index is 2.72. The molecule has 2 nitrogen and oxygen atoms in total. The Morgan fingerprint density at radius 2 is 2.28 bits per heavy atom. The van der Waals surface area contributed by atoms with E-state index in [1.807, 2.05) is 6.92 Å². The van der Waals surface area contributed by atoms with Crippen LogP contribution in [0.3, 0.4) is 0 Å². The second-order valence-electron chi connectivity index (χ2n) is 4.31. The fraction of sp³-hybridized carbons (Fsp3) is 0.500. The number of hydrogen-bond acceptors (Lipinski definition) is 3. The smallest absolute Gasteiger partial charge is 0.133 e. The number of rotatable bonds is 7. The van der Waals surface area contributed by atoms with Crippen LogP contribution in [0.1, 0.15) is 25.8 Å². The molecular formula is C14H18FNOS. The summed E-state index contributed by atoms with van der Waals surface area (Å²) in [6.07, 6.45) is 1.65. The summed E-state index contributed by atoms with van der Waals surface area (Å²) in [5, 5.41) is 10.6. The van der Waals surface area contributed by atoms with Crippen LogP contribution in [-0.4, -0.2) is 12.4 Å². The molecular weight excluding hydrogens is 249 g/mol. The topological polar surface area (TPSA) is 33.0 Å². The Labute approximate surface area is 112 Å². The number of nitrogens with zero attached hydrogens (tertiary/aromatic N) is 1. The maximum absolute atomic E-state index is 13.3. The van der Waals surface area contributed by atoms with Crippen LogP contribution in [0.5, 0.6) is 5.75 Å². The molecule has 0 radical (unpaired) electrons. The van der Waals surface area contributed by atoms with Crippen LogP contribution in [0.2, 0.25) is 0 Å². The number of nitriles is 1. The molecule has 0 aliphatic heterocycles. The zero-order valence-corrected chi connectivity index (χ0v) is 11.6. The van der Waals surface area contributed by atoms with Crippen molar-refractivity contribution >= 4 is 11.8 Å². The van der Waals surface area contributed by atoms with E-state index in [1.54, 1.807) is 6.07 Å². The van der Waals surface area contributed by atoms with Crippen LogP contribution in [-0.2, 0) is 6.42 Å². The molecule has 0 amide bonds. The molecule has 0 aromatic heterocycles. The average Bonchev–Trinajstić information content (AvgIpc) is 2.35. The highest BCUT2D eigenvalue weighted by molar-refractivity contribution is 8.03. The third kappa shape index (κ3) is 4.97. The van der Waals surface area contributed by atoms with Gasteiger partial charge in [-0.25, -0.2) is 4.39 Å². The van der Waals surface area contributed by atoms with Crippen LogP contribution in [0.15, 0.2) is 18.2 Å². The van der Waals surface area contributed by atoms with Gasteiger partial charge in [-0.15, -0.1) is 0 Å². The fourth-order valence-electron chi connectivity index (χ4n) is 1.67. The number of benzene rings is 1. The van der Waals surface area contributed by atoms with Crippen LogP contribution in [0.25, 0.3) is 0 Å². The van der Waals surface area contributed by atoms with E-state index in [9.17, 15) is 4.39 Å². The molecule has 98 valence electrons. The minimum atomic E-state index is -0.242. The van der Waals surface area contributed by atoms with Gasteiger partial charge in [0.1, 0.15) is 17.0 Å². The number of thioether (sulfide) groups is 1. The Bertz CT molecular complexity index is 417. The summed E-state index contributed by atoms with van der Waals surface area (Å²) >= 11 is 1.23. The summed E-state index contributed by atoms with van der Waals surface area (Å²) in [6.45, 7) is 4.73. The molecule has 1 aromatic rings. The molecule has 0 aliphatic rings. The molecule has 0 fully saturated rings. The highest BCUT2D eigenvalue weighted by atomic mass is 32.2. The van der Waals surface area contributed by atoms with E-state index < -0.39 is 0 Å². The van der Waals surface area contributed by atoms with Crippen LogP contribution in [0, 0.1) is 22.4 Å². The van der Waals surface area contributed by atoms with Gasteiger partial charge in [-0.2, -0.15) is 5.26 Å². The van der Waals surface area contributed by atoms with Gasteiger partial charge in [0, 0.05) is 5.75 Å². The van der Waals surface area contributed by atoms with Crippen molar-refractivity contribution in [1.82, 2.24) is 0 Å². The van der Waals surface area contributed by atoms with Crippen molar-refractivity contribution in [3.8, 4) is 11.2 Å². The molecule has 0 N–H and O–H groups in total. The lowest BCUT2D eigenvalue weighted by Gasteiger charge is -2.14. The fourth-order valence-corrected chi connectivity index (χ4v) is 2.15. The summed E-state index contributed by atoms with van der Waals surface area (Å²) < 4.78 is 18.9. The Kier molecular flexibility index (Phi) is 6.59. The third-order valence-electron chi connectivity index (χ3n) is 2.48. The first kappa shape index (κ1) is 14.8. The second-order valence-corrected chi connectivity index (χ2v) is 5.12. The molecule has 1 rings (SSSR count). The number of halogens is 1. The molecule has 0 bridgehead atoms. The van der Waals surface area contributed by atoms with Gasteiger partial charge in [0.15, 0.2) is 0 Å². The summed E-state index contributed by atoms with van der Waals surface area (Å²) in [4.78, 5) is 0. The summed E-state index contributed by atoms with van der Waals surface area (Å²) in [5.74, 6) is 1.58. The standard InChI is InChI=1S/C14H18FNOS/c1-3-6-17-14-5-4-13(15)8-12(14)7-11(2)9-18-10-16/h4-5,8,11H,3,6-7,9H2,1-2H3. The van der Waals surface area contributed by atoms with Crippen LogP contribution in [0.4, 0.5) is 4.39 Å². The van der Waals surface area contributed by atoms with E-state index in [0.29, 0.717) is 12.5 Å². The molecule has 1 unspecified atom stereocenters. The summed E-state index contributed by atoms with van der Waals surface area (Å²) in [7, 11) is 0. The van der Waals surface area contributed by atoms with Gasteiger partial charge < -0.3 is 4.74 Å². The van der Waals surface area contributed by atoms with Crippen LogP contribution >= 0.6 is 11.8 Å². The monoisotopic (exact) mass is 267 g/mol. The highest BCUT2D eigenvalue weighted by Crippen LogP contribution is 2.24. The first-order valence-corrected chi connectivity index (χ1v) is 7.08. The van der Waals surface area contributed by atoms with Gasteiger partial charge in [0.25, 0.3) is 0 Å². The Hall–Kier alpha value is -1.21. The van der Waals surface area contributed by atoms with Crippen molar-refractivity contribution in [1.29, 1.82) is 5.26 Å². The van der Waals surface area contributed by atoms with Crippen LogP contribution < -0.4 is 4.74 Å². The third-order valence-corrected chi connectivity index (χ3v) is 3.35. The number of hydrogen-bond donors (Lipinski definition) is 0. The van der Waals surface area contributed by atoms with Crippen molar-refractivity contribution in [3.05, 3.63) is 29.6 Å². The van der Waals surface area contributed by atoms with E-state index in [1.165, 1.54) is 23.9 Å². The van der Waals surface area contributed by atoms with E-state index in [0.717, 1.165) is 29.9 Å². The normalized spacial score (nSPS) is 11.9. The predicted molar refractivity (Wildman–Crippen MR) is 73.1 cm³/mol. The van der Waals surface area contributed by atoms with Gasteiger partial charge in [-0.3, -0.25) is 0 Å². The zero-order chi connectivity index (χ0) is 13.4. The van der Waals surface area contributed by atoms with Crippen molar-refractivity contribution in [2.75, 3.05) is 12.4 Å². The largest absolute Gasteiger partial charge is 0.493 e. The quantitative estimate of drug-likeness (QED) is 0.700. The first-order chi connectivity index (χ1) is 8.67. The molecule has 0 spiro atoms. The average molecular weight is 267 g/mol. The van der Waals surface area contributed by atoms with Crippen molar-refractivity contribution < 1.29 is 9.13 Å². The number of thiocyanates is 1. The minimum absolute atomic E-state index is 0.242. The number of ether oxygens (including phenoxy) is 1. The van der Waals surface area contributed by atoms with Gasteiger partial charge in [-0.1, -0.05) is 13.8 Å². The van der Waals surface area contributed by atoms with E-state index in [2.05, 4.69) is 12.3 Å². The zero-order valence-electron chi connectivity index (χ0n) is 10.8. The summed E-state index contributed by atoms with van der Waals surface area (Å²) in [5.41, 5.74) is 0.884. The predicted octanol–water partition coefficient (Wildman–Crippen LogP) is 4.01. The van der Waals surface area contributed by atoms with Gasteiger partial charge in [0.05, 0.1) is 6.61 Å². The van der Waals surface area contributed by atoms with Crippen molar-refractivity contribution in [2.45, 2.75) is 26.7 Å². The van der Waals surface area contributed by atoms with Gasteiger partial charge >= 0.3 is 0 Å². The lowest BCUT2D eigenvalue weighted by atomic mass is 10.0. The highest BCUT2D eigenvalue weighted by Gasteiger charge is 2.10. The second kappa shape index (κ2) is 7.99. The molecule has 0 saturated carbocycles.